The van der Waals surface area contributed by atoms with E-state index in [0.29, 0.717) is 11.6 Å². The second-order valence-corrected chi connectivity index (χ2v) is 4.31. The first-order valence-electron chi connectivity index (χ1n) is 5.00. The van der Waals surface area contributed by atoms with Gasteiger partial charge in [0.25, 0.3) is 0 Å². The second-order valence-electron chi connectivity index (χ2n) is 3.87. The highest BCUT2D eigenvalue weighted by Gasteiger charge is 2.03. The van der Waals surface area contributed by atoms with Gasteiger partial charge in [-0.3, -0.25) is 4.98 Å². The summed E-state index contributed by atoms with van der Waals surface area (Å²) in [5, 5.41) is 0.646. The van der Waals surface area contributed by atoms with Crippen molar-refractivity contribution in [2.75, 3.05) is 28.2 Å². The summed E-state index contributed by atoms with van der Waals surface area (Å²) in [5.74, 6) is 0.914. The van der Waals surface area contributed by atoms with E-state index in [1.165, 1.54) is 0 Å². The van der Waals surface area contributed by atoms with Gasteiger partial charge in [0, 0.05) is 34.4 Å². The number of nitrogens with zero attached hydrogens (tertiary/aromatic N) is 4. The highest BCUT2D eigenvalue weighted by atomic mass is 127. The summed E-state index contributed by atoms with van der Waals surface area (Å²) in [7, 11) is 7.87. The van der Waals surface area contributed by atoms with Crippen LogP contribution in [0, 0.1) is 0 Å². The van der Waals surface area contributed by atoms with E-state index < -0.39 is 0 Å². The Bertz CT molecular complexity index is 352. The lowest BCUT2D eigenvalue weighted by atomic mass is 10.3. The third-order valence-corrected chi connectivity index (χ3v) is 2.19. The topological polar surface area (TPSA) is 31.7 Å². The molecule has 0 aliphatic carbocycles. The Balaban J connectivity index is 0.00000256. The van der Waals surface area contributed by atoms with Gasteiger partial charge in [0.1, 0.15) is 0 Å². The molecule has 0 N–H and O–H groups in total. The molecule has 1 aromatic heterocycles. The molecule has 0 unspecified atom stereocenters. The number of halogens is 2. The van der Waals surface area contributed by atoms with Gasteiger partial charge in [-0.05, 0) is 12.1 Å². The first-order chi connectivity index (χ1) is 7.50. The lowest BCUT2D eigenvalue weighted by Crippen LogP contribution is -2.35. The summed E-state index contributed by atoms with van der Waals surface area (Å²) >= 11 is 5.76. The number of hydrogen-bond donors (Lipinski definition) is 0. The summed E-state index contributed by atoms with van der Waals surface area (Å²) in [6.07, 6.45) is 1.64. The van der Waals surface area contributed by atoms with Crippen molar-refractivity contribution in [1.82, 2.24) is 14.8 Å². The van der Waals surface area contributed by atoms with E-state index in [4.69, 9.17) is 11.6 Å². The van der Waals surface area contributed by atoms with E-state index in [1.54, 1.807) is 6.20 Å². The average Bonchev–Trinajstić information content (AvgIpc) is 2.20. The fourth-order valence-electron chi connectivity index (χ4n) is 1.33. The molecule has 96 valence electrons. The number of aromatic nitrogens is 1. The van der Waals surface area contributed by atoms with Crippen molar-refractivity contribution in [3.05, 3.63) is 29.0 Å². The van der Waals surface area contributed by atoms with Crippen LogP contribution in [0.3, 0.4) is 0 Å². The first-order valence-corrected chi connectivity index (χ1v) is 5.38. The fourth-order valence-corrected chi connectivity index (χ4v) is 1.45. The number of hydrogen-bond acceptors (Lipinski definition) is 2. The molecule has 0 spiro atoms. The summed E-state index contributed by atoms with van der Waals surface area (Å²) < 4.78 is 0. The molecule has 17 heavy (non-hydrogen) atoms. The molecule has 0 aromatic carbocycles. The van der Waals surface area contributed by atoms with Gasteiger partial charge in [0.2, 0.25) is 0 Å². The van der Waals surface area contributed by atoms with Gasteiger partial charge in [0.15, 0.2) is 5.96 Å². The quantitative estimate of drug-likeness (QED) is 0.456. The van der Waals surface area contributed by atoms with Gasteiger partial charge in [-0.25, -0.2) is 4.99 Å². The van der Waals surface area contributed by atoms with E-state index in [1.807, 2.05) is 50.1 Å². The lowest BCUT2D eigenvalue weighted by molar-refractivity contribution is 0.479. The minimum atomic E-state index is 0. The predicted octanol–water partition coefficient (Wildman–Crippen LogP) is 2.33. The smallest absolute Gasteiger partial charge is 0.195 e. The first kappa shape index (κ1) is 16.4. The van der Waals surface area contributed by atoms with E-state index in [-0.39, 0.29) is 24.0 Å². The van der Waals surface area contributed by atoms with Crippen LogP contribution in [0.1, 0.15) is 5.69 Å². The molecule has 0 fully saturated rings. The van der Waals surface area contributed by atoms with Gasteiger partial charge in [0.05, 0.1) is 17.3 Å². The Morgan fingerprint density at radius 2 is 1.82 bits per heavy atom. The maximum absolute atomic E-state index is 5.76. The van der Waals surface area contributed by atoms with E-state index >= 15 is 0 Å². The highest BCUT2D eigenvalue weighted by molar-refractivity contribution is 14.0. The molecule has 0 saturated heterocycles. The maximum atomic E-state index is 5.76. The molecular weight excluding hydrogens is 351 g/mol. The summed E-state index contributed by atoms with van der Waals surface area (Å²) in [5.41, 5.74) is 0.908. The van der Waals surface area contributed by atoms with Crippen molar-refractivity contribution < 1.29 is 0 Å². The van der Waals surface area contributed by atoms with Crippen LogP contribution in [0.4, 0.5) is 0 Å². The van der Waals surface area contributed by atoms with Crippen LogP contribution in [0.25, 0.3) is 0 Å². The summed E-state index contributed by atoms with van der Waals surface area (Å²) in [6.45, 7) is 0.558. The molecule has 0 bridgehead atoms. The molecule has 0 saturated carbocycles. The molecule has 0 aliphatic heterocycles. The van der Waals surface area contributed by atoms with E-state index in [9.17, 15) is 0 Å². The van der Waals surface area contributed by atoms with Crippen molar-refractivity contribution in [1.29, 1.82) is 0 Å². The van der Waals surface area contributed by atoms with E-state index in [0.717, 1.165) is 11.7 Å². The molecule has 1 heterocycles. The fraction of sp³-hybridized carbons (Fsp3) is 0.455. The maximum Gasteiger partial charge on any atom is 0.195 e. The number of aliphatic imine (C=N–C) groups is 1. The molecule has 4 nitrogen and oxygen atoms in total. The van der Waals surface area contributed by atoms with Gasteiger partial charge < -0.3 is 9.80 Å². The summed E-state index contributed by atoms with van der Waals surface area (Å²) in [4.78, 5) is 12.6. The zero-order valence-corrected chi connectivity index (χ0v) is 13.6. The lowest BCUT2D eigenvalue weighted by Gasteiger charge is -2.22. The van der Waals surface area contributed by atoms with Crippen LogP contribution >= 0.6 is 35.6 Å². The van der Waals surface area contributed by atoms with Crippen molar-refractivity contribution in [2.45, 2.75) is 6.54 Å². The van der Waals surface area contributed by atoms with Crippen LogP contribution in [0.2, 0.25) is 5.02 Å². The largest absolute Gasteiger partial charge is 0.349 e. The van der Waals surface area contributed by atoms with Crippen molar-refractivity contribution >= 4 is 41.5 Å². The molecule has 0 atom stereocenters. The van der Waals surface area contributed by atoms with Crippen LogP contribution in [-0.2, 0) is 6.54 Å². The molecule has 1 aromatic rings. The van der Waals surface area contributed by atoms with Crippen LogP contribution < -0.4 is 0 Å². The Labute approximate surface area is 125 Å². The van der Waals surface area contributed by atoms with E-state index in [2.05, 4.69) is 9.98 Å². The molecular formula is C11H18ClIN4. The van der Waals surface area contributed by atoms with Crippen LogP contribution in [0.15, 0.2) is 23.3 Å². The van der Waals surface area contributed by atoms with Crippen molar-refractivity contribution in [3.63, 3.8) is 0 Å². The minimum absolute atomic E-state index is 0. The molecule has 1 rings (SSSR count). The molecule has 0 aliphatic rings. The van der Waals surface area contributed by atoms with Crippen molar-refractivity contribution in [3.8, 4) is 0 Å². The number of rotatable bonds is 2. The Hall–Kier alpha value is -0.560. The van der Waals surface area contributed by atoms with Gasteiger partial charge >= 0.3 is 0 Å². The standard InChI is InChI=1S/C11H17ClN4.HI/c1-15(2)11(16(3)4)14-8-10-6-5-9(12)7-13-10;/h5-7H,8H2,1-4H3;1H. The average molecular weight is 369 g/mol. The van der Waals surface area contributed by atoms with Crippen LogP contribution in [-0.4, -0.2) is 48.9 Å². The second kappa shape index (κ2) is 7.71. The Kier molecular flexibility index (Phi) is 7.45. The van der Waals surface area contributed by atoms with Crippen LogP contribution in [0.5, 0.6) is 0 Å². The SMILES string of the molecule is CN(C)C(=NCc1ccc(Cl)cn1)N(C)C.I. The highest BCUT2D eigenvalue weighted by Crippen LogP contribution is 2.07. The molecule has 6 heteroatoms. The summed E-state index contributed by atoms with van der Waals surface area (Å²) in [6, 6.07) is 3.71. The molecule has 0 radical (unpaired) electrons. The minimum Gasteiger partial charge on any atom is -0.349 e. The zero-order chi connectivity index (χ0) is 12.1. The normalized spacial score (nSPS) is 9.24. The zero-order valence-electron chi connectivity index (χ0n) is 10.5. The third-order valence-electron chi connectivity index (χ3n) is 1.97. The predicted molar refractivity (Wildman–Crippen MR) is 83.2 cm³/mol. The molecule has 0 amide bonds. The van der Waals surface area contributed by atoms with Gasteiger partial charge in [-0.15, -0.1) is 24.0 Å². The monoisotopic (exact) mass is 368 g/mol. The van der Waals surface area contributed by atoms with Crippen molar-refractivity contribution in [2.24, 2.45) is 4.99 Å². The Morgan fingerprint density at radius 3 is 2.24 bits per heavy atom. The Morgan fingerprint density at radius 1 is 1.24 bits per heavy atom. The van der Waals surface area contributed by atoms with Gasteiger partial charge in [-0.2, -0.15) is 0 Å². The number of pyridine rings is 1. The number of guanidine groups is 1. The third kappa shape index (κ3) is 5.54. The van der Waals surface area contributed by atoms with Gasteiger partial charge in [-0.1, -0.05) is 11.6 Å².